The molecule has 20 heavy (non-hydrogen) atoms. The van der Waals surface area contributed by atoms with Gasteiger partial charge in [0.2, 0.25) is 10.0 Å². The van der Waals surface area contributed by atoms with Gasteiger partial charge < -0.3 is 5.73 Å². The maximum absolute atomic E-state index is 12.2. The van der Waals surface area contributed by atoms with Crippen LogP contribution in [0.4, 0.5) is 0 Å². The minimum Gasteiger partial charge on any atom is -0.389 e. The first-order valence-corrected chi connectivity index (χ1v) is 8.62. The normalized spacial score (nSPS) is 11.8. The number of nitrogens with one attached hydrogen (secondary N) is 1. The Morgan fingerprint density at radius 3 is 2.55 bits per heavy atom. The number of sulfonamides is 1. The van der Waals surface area contributed by atoms with Gasteiger partial charge in [0.25, 0.3) is 0 Å². The smallest absolute Gasteiger partial charge is 0.241 e. The molecule has 1 aromatic rings. The fourth-order valence-electron chi connectivity index (χ4n) is 1.87. The van der Waals surface area contributed by atoms with Gasteiger partial charge in [-0.1, -0.05) is 57.1 Å². The van der Waals surface area contributed by atoms with Crippen molar-refractivity contribution in [3.05, 3.63) is 29.8 Å². The van der Waals surface area contributed by atoms with E-state index < -0.39 is 10.0 Å². The number of thiocarbonyl (C=S) groups is 1. The Labute approximate surface area is 126 Å². The zero-order chi connectivity index (χ0) is 15.2. The standard InChI is InChI=1S/C14H22N2O2S2/c1-11(2)7-5-6-10-16-20(17,18)13-9-4-3-8-12(13)14(15)19/h3-4,8-9,11,16H,5-7,10H2,1-2H3,(H2,15,19). The highest BCUT2D eigenvalue weighted by Crippen LogP contribution is 2.15. The third-order valence-corrected chi connectivity index (χ3v) is 4.68. The van der Waals surface area contributed by atoms with Gasteiger partial charge in [-0.3, -0.25) is 0 Å². The zero-order valence-electron chi connectivity index (χ0n) is 11.9. The van der Waals surface area contributed by atoms with E-state index in [1.54, 1.807) is 18.2 Å². The van der Waals surface area contributed by atoms with E-state index in [4.69, 9.17) is 18.0 Å². The monoisotopic (exact) mass is 314 g/mol. The Hall–Kier alpha value is -0.980. The lowest BCUT2D eigenvalue weighted by Gasteiger charge is -2.11. The van der Waals surface area contributed by atoms with Gasteiger partial charge in [0, 0.05) is 12.1 Å². The van der Waals surface area contributed by atoms with E-state index in [1.165, 1.54) is 6.07 Å². The first kappa shape index (κ1) is 17.1. The summed E-state index contributed by atoms with van der Waals surface area (Å²) >= 11 is 4.89. The molecule has 1 rings (SSSR count). The highest BCUT2D eigenvalue weighted by atomic mass is 32.2. The molecule has 0 bridgehead atoms. The van der Waals surface area contributed by atoms with Crippen LogP contribution in [0.15, 0.2) is 29.2 Å². The topological polar surface area (TPSA) is 72.2 Å². The molecule has 0 radical (unpaired) electrons. The molecule has 6 heteroatoms. The number of hydrogen-bond acceptors (Lipinski definition) is 3. The maximum Gasteiger partial charge on any atom is 0.241 e. The molecule has 0 saturated heterocycles. The van der Waals surface area contributed by atoms with E-state index in [2.05, 4.69) is 18.6 Å². The molecule has 0 unspecified atom stereocenters. The van der Waals surface area contributed by atoms with Crippen molar-refractivity contribution in [3.8, 4) is 0 Å². The molecule has 0 saturated carbocycles. The second-order valence-corrected chi connectivity index (χ2v) is 7.32. The first-order valence-electron chi connectivity index (χ1n) is 6.73. The van der Waals surface area contributed by atoms with Crippen LogP contribution in [0.1, 0.15) is 38.7 Å². The Balaban J connectivity index is 2.68. The van der Waals surface area contributed by atoms with E-state index in [0.29, 0.717) is 18.0 Å². The van der Waals surface area contributed by atoms with Crippen molar-refractivity contribution in [2.45, 2.75) is 38.0 Å². The van der Waals surface area contributed by atoms with Crippen LogP contribution >= 0.6 is 12.2 Å². The first-order chi connectivity index (χ1) is 9.34. The summed E-state index contributed by atoms with van der Waals surface area (Å²) in [4.78, 5) is 0.238. The molecule has 0 aliphatic rings. The molecule has 0 spiro atoms. The summed E-state index contributed by atoms with van der Waals surface area (Å²) in [6.45, 7) is 4.74. The molecule has 0 aromatic heterocycles. The average Bonchev–Trinajstić information content (AvgIpc) is 2.37. The van der Waals surface area contributed by atoms with Gasteiger partial charge in [-0.05, 0) is 18.4 Å². The lowest BCUT2D eigenvalue weighted by molar-refractivity contribution is 0.530. The predicted octanol–water partition coefficient (Wildman–Crippen LogP) is 2.43. The molecule has 0 atom stereocenters. The molecule has 3 N–H and O–H groups in total. The van der Waals surface area contributed by atoms with Crippen molar-refractivity contribution in [2.75, 3.05) is 6.54 Å². The van der Waals surface area contributed by atoms with Crippen molar-refractivity contribution >= 4 is 27.2 Å². The number of benzene rings is 1. The van der Waals surface area contributed by atoms with Crippen molar-refractivity contribution in [3.63, 3.8) is 0 Å². The lowest BCUT2D eigenvalue weighted by atomic mass is 10.1. The van der Waals surface area contributed by atoms with Gasteiger partial charge in [-0.25, -0.2) is 13.1 Å². The van der Waals surface area contributed by atoms with Crippen LogP contribution in [0.5, 0.6) is 0 Å². The second-order valence-electron chi connectivity index (χ2n) is 5.15. The van der Waals surface area contributed by atoms with E-state index >= 15 is 0 Å². The molecule has 0 aliphatic carbocycles. The fourth-order valence-corrected chi connectivity index (χ4v) is 3.40. The summed E-state index contributed by atoms with van der Waals surface area (Å²) in [5, 5.41) is 0. The van der Waals surface area contributed by atoms with Crippen molar-refractivity contribution in [1.29, 1.82) is 0 Å². The Kier molecular flexibility index (Phi) is 6.58. The highest BCUT2D eigenvalue weighted by molar-refractivity contribution is 7.89. The Bertz CT molecular complexity index is 554. The van der Waals surface area contributed by atoms with E-state index in [-0.39, 0.29) is 9.88 Å². The largest absolute Gasteiger partial charge is 0.389 e. The minimum absolute atomic E-state index is 0.0887. The quantitative estimate of drug-likeness (QED) is 0.571. The van der Waals surface area contributed by atoms with Crippen LogP contribution in [-0.2, 0) is 10.0 Å². The average molecular weight is 314 g/mol. The van der Waals surface area contributed by atoms with E-state index in [0.717, 1.165) is 19.3 Å². The third kappa shape index (κ3) is 5.19. The SMILES string of the molecule is CC(C)CCCCNS(=O)(=O)c1ccccc1C(N)=S. The third-order valence-electron chi connectivity index (χ3n) is 2.94. The van der Waals surface area contributed by atoms with Crippen LogP contribution in [0, 0.1) is 5.92 Å². The molecule has 1 aromatic carbocycles. The summed E-state index contributed by atoms with van der Waals surface area (Å²) in [6.07, 6.45) is 2.94. The van der Waals surface area contributed by atoms with Crippen molar-refractivity contribution < 1.29 is 8.42 Å². The molecule has 4 nitrogen and oxygen atoms in total. The van der Waals surface area contributed by atoms with Gasteiger partial charge in [-0.15, -0.1) is 0 Å². The fraction of sp³-hybridized carbons (Fsp3) is 0.500. The summed E-state index contributed by atoms with van der Waals surface area (Å²) < 4.78 is 27.1. The molecule has 112 valence electrons. The Morgan fingerprint density at radius 1 is 1.30 bits per heavy atom. The van der Waals surface area contributed by atoms with Gasteiger partial charge in [0.05, 0.1) is 4.90 Å². The predicted molar refractivity (Wildman–Crippen MR) is 86.2 cm³/mol. The van der Waals surface area contributed by atoms with E-state index in [9.17, 15) is 8.42 Å². The second kappa shape index (κ2) is 7.71. The van der Waals surface area contributed by atoms with Crippen LogP contribution in [0.3, 0.4) is 0 Å². The van der Waals surface area contributed by atoms with Gasteiger partial charge >= 0.3 is 0 Å². The van der Waals surface area contributed by atoms with Crippen LogP contribution in [0.25, 0.3) is 0 Å². The molecule has 0 aliphatic heterocycles. The number of unbranched alkanes of at least 4 members (excludes halogenated alkanes) is 1. The van der Waals surface area contributed by atoms with Crippen molar-refractivity contribution in [2.24, 2.45) is 11.7 Å². The summed E-state index contributed by atoms with van der Waals surface area (Å²) in [7, 11) is -3.55. The maximum atomic E-state index is 12.2. The lowest BCUT2D eigenvalue weighted by Crippen LogP contribution is -2.27. The van der Waals surface area contributed by atoms with Crippen LogP contribution in [0.2, 0.25) is 0 Å². The molecular weight excluding hydrogens is 292 g/mol. The molecule has 0 fully saturated rings. The Morgan fingerprint density at radius 2 is 1.95 bits per heavy atom. The van der Waals surface area contributed by atoms with Gasteiger partial charge in [0.15, 0.2) is 0 Å². The highest BCUT2D eigenvalue weighted by Gasteiger charge is 2.18. The van der Waals surface area contributed by atoms with Gasteiger partial charge in [0.1, 0.15) is 4.99 Å². The van der Waals surface area contributed by atoms with Crippen LogP contribution in [-0.4, -0.2) is 20.0 Å². The number of nitrogens with two attached hydrogens (primary N) is 1. The van der Waals surface area contributed by atoms with Crippen molar-refractivity contribution in [1.82, 2.24) is 4.72 Å². The summed E-state index contributed by atoms with van der Waals surface area (Å²) in [6, 6.07) is 6.52. The van der Waals surface area contributed by atoms with Gasteiger partial charge in [-0.2, -0.15) is 0 Å². The number of hydrogen-bond donors (Lipinski definition) is 2. The number of rotatable bonds is 8. The molecular formula is C14H22N2O2S2. The summed E-state index contributed by atoms with van der Waals surface area (Å²) in [5.74, 6) is 0.641. The summed E-state index contributed by atoms with van der Waals surface area (Å²) in [5.41, 5.74) is 5.95. The van der Waals surface area contributed by atoms with E-state index in [1.807, 2.05) is 0 Å². The minimum atomic E-state index is -3.55. The van der Waals surface area contributed by atoms with Crippen LogP contribution < -0.4 is 10.5 Å². The molecule has 0 amide bonds. The zero-order valence-corrected chi connectivity index (χ0v) is 13.6. The molecule has 0 heterocycles.